The van der Waals surface area contributed by atoms with Gasteiger partial charge in [0.25, 0.3) is 11.7 Å². The molecular formula is C29H27NO7. The van der Waals surface area contributed by atoms with E-state index in [1.807, 2.05) is 6.92 Å². The third-order valence-electron chi connectivity index (χ3n) is 6.16. The number of nitrogens with zero attached hydrogens (tertiary/aromatic N) is 1. The fourth-order valence-corrected chi connectivity index (χ4v) is 4.28. The number of hydrogen-bond donors (Lipinski definition) is 2. The van der Waals surface area contributed by atoms with Crippen LogP contribution in [0.1, 0.15) is 46.4 Å². The van der Waals surface area contributed by atoms with Crippen LogP contribution in [0.3, 0.4) is 0 Å². The molecule has 3 aromatic carbocycles. The first-order chi connectivity index (χ1) is 17.8. The van der Waals surface area contributed by atoms with E-state index < -0.39 is 23.7 Å². The van der Waals surface area contributed by atoms with E-state index in [2.05, 4.69) is 0 Å². The van der Waals surface area contributed by atoms with Gasteiger partial charge in [-0.25, -0.2) is 4.79 Å². The number of methoxy groups -OCH3 is 1. The van der Waals surface area contributed by atoms with Gasteiger partial charge in [-0.3, -0.25) is 14.5 Å². The number of ketones is 1. The van der Waals surface area contributed by atoms with Crippen LogP contribution in [0.5, 0.6) is 11.5 Å². The maximum atomic E-state index is 13.3. The molecule has 1 fully saturated rings. The van der Waals surface area contributed by atoms with Crippen LogP contribution in [0.25, 0.3) is 5.76 Å². The second-order valence-corrected chi connectivity index (χ2v) is 8.62. The summed E-state index contributed by atoms with van der Waals surface area (Å²) in [7, 11) is 1.53. The van der Waals surface area contributed by atoms with Gasteiger partial charge in [-0.1, -0.05) is 19.1 Å². The third-order valence-corrected chi connectivity index (χ3v) is 6.16. The quantitative estimate of drug-likeness (QED) is 0.205. The molecule has 3 aromatic rings. The Labute approximate surface area is 214 Å². The molecule has 1 unspecified atom stereocenters. The molecule has 1 aliphatic heterocycles. The van der Waals surface area contributed by atoms with Crippen molar-refractivity contribution >= 4 is 29.1 Å². The van der Waals surface area contributed by atoms with E-state index in [9.17, 15) is 24.6 Å². The Bertz CT molecular complexity index is 1370. The summed E-state index contributed by atoms with van der Waals surface area (Å²) in [6, 6.07) is 16.2. The number of phenolic OH excluding ortho intramolecular Hbond substituents is 1. The highest BCUT2D eigenvalue weighted by Crippen LogP contribution is 2.43. The lowest BCUT2D eigenvalue weighted by molar-refractivity contribution is -0.132. The van der Waals surface area contributed by atoms with Crippen LogP contribution in [0.4, 0.5) is 5.69 Å². The van der Waals surface area contributed by atoms with Crippen LogP contribution < -0.4 is 9.64 Å². The Morgan fingerprint density at radius 1 is 1.00 bits per heavy atom. The van der Waals surface area contributed by atoms with E-state index in [1.54, 1.807) is 49.4 Å². The summed E-state index contributed by atoms with van der Waals surface area (Å²) in [5.41, 5.74) is 2.13. The van der Waals surface area contributed by atoms with E-state index in [0.717, 1.165) is 0 Å². The van der Waals surface area contributed by atoms with Crippen LogP contribution in [-0.4, -0.2) is 41.6 Å². The number of Topliss-reactive ketones (excluding diaryl/α,β-unsaturated/α-hetero) is 1. The first kappa shape index (κ1) is 25.5. The summed E-state index contributed by atoms with van der Waals surface area (Å²) in [5.74, 6) is -1.88. The smallest absolute Gasteiger partial charge is 0.338 e. The predicted octanol–water partition coefficient (Wildman–Crippen LogP) is 4.90. The molecule has 2 N–H and O–H groups in total. The van der Waals surface area contributed by atoms with Crippen molar-refractivity contribution in [3.05, 3.63) is 94.6 Å². The van der Waals surface area contributed by atoms with Crippen molar-refractivity contribution in [3.63, 3.8) is 0 Å². The van der Waals surface area contributed by atoms with Gasteiger partial charge in [-0.2, -0.15) is 0 Å². The third kappa shape index (κ3) is 4.91. The summed E-state index contributed by atoms with van der Waals surface area (Å²) in [6.45, 7) is 3.95. The monoisotopic (exact) mass is 501 g/mol. The molecule has 1 heterocycles. The lowest BCUT2D eigenvalue weighted by atomic mass is 9.93. The number of anilines is 1. The predicted molar refractivity (Wildman–Crippen MR) is 138 cm³/mol. The van der Waals surface area contributed by atoms with Crippen LogP contribution >= 0.6 is 0 Å². The molecule has 8 heteroatoms. The van der Waals surface area contributed by atoms with Crippen molar-refractivity contribution in [1.82, 2.24) is 0 Å². The second-order valence-electron chi connectivity index (χ2n) is 8.62. The number of aliphatic hydroxyl groups excluding tert-OH is 1. The topological polar surface area (TPSA) is 113 Å². The molecule has 190 valence electrons. The van der Waals surface area contributed by atoms with Crippen molar-refractivity contribution in [2.45, 2.75) is 26.3 Å². The molecule has 0 aliphatic carbocycles. The first-order valence-corrected chi connectivity index (χ1v) is 11.8. The van der Waals surface area contributed by atoms with Gasteiger partial charge in [0.1, 0.15) is 17.3 Å². The maximum Gasteiger partial charge on any atom is 0.338 e. The number of benzene rings is 3. The number of rotatable bonds is 7. The van der Waals surface area contributed by atoms with Crippen LogP contribution in [-0.2, 0) is 14.3 Å². The first-order valence-electron chi connectivity index (χ1n) is 11.8. The standard InChI is InChI=1S/C29H27NO7/c1-4-15-37-29(35)19-5-9-20(10-6-19)30-25(18-7-11-21(31)12-8-18)24(27(33)28(30)34)26(32)23-14-13-22(36-3)16-17(23)2/h5-14,16,25,31-32H,4,15H2,1-3H3/b26-24-. The molecule has 4 rings (SSSR count). The number of aromatic hydroxyl groups is 1. The Morgan fingerprint density at radius 3 is 2.27 bits per heavy atom. The lowest BCUT2D eigenvalue weighted by Crippen LogP contribution is -2.29. The van der Waals surface area contributed by atoms with E-state index in [1.165, 1.54) is 36.3 Å². The molecule has 0 aromatic heterocycles. The van der Waals surface area contributed by atoms with Crippen LogP contribution in [0, 0.1) is 6.92 Å². The molecule has 1 saturated heterocycles. The molecule has 1 amide bonds. The van der Waals surface area contributed by atoms with Crippen molar-refractivity contribution < 1.29 is 34.1 Å². The molecule has 0 saturated carbocycles. The summed E-state index contributed by atoms with van der Waals surface area (Å²) in [6.07, 6.45) is 0.689. The van der Waals surface area contributed by atoms with Gasteiger partial charge >= 0.3 is 5.97 Å². The molecule has 0 radical (unpaired) electrons. The van der Waals surface area contributed by atoms with Gasteiger partial charge < -0.3 is 19.7 Å². The average Bonchev–Trinajstić information content (AvgIpc) is 3.17. The normalized spacial score (nSPS) is 16.6. The van der Waals surface area contributed by atoms with Crippen LogP contribution in [0.2, 0.25) is 0 Å². The van der Waals surface area contributed by atoms with E-state index in [0.29, 0.717) is 46.7 Å². The second kappa shape index (κ2) is 10.6. The van der Waals surface area contributed by atoms with Gasteiger partial charge in [0.2, 0.25) is 0 Å². The largest absolute Gasteiger partial charge is 0.508 e. The van der Waals surface area contributed by atoms with Gasteiger partial charge in [0, 0.05) is 11.3 Å². The van der Waals surface area contributed by atoms with Crippen molar-refractivity contribution in [2.75, 3.05) is 18.6 Å². The molecular weight excluding hydrogens is 474 g/mol. The SMILES string of the molecule is CCCOC(=O)c1ccc(N2C(=O)C(=O)/C(=C(\O)c3ccc(OC)cc3C)C2c2ccc(O)cc2)cc1. The average molecular weight is 502 g/mol. The van der Waals surface area contributed by atoms with Crippen molar-refractivity contribution in [1.29, 1.82) is 0 Å². The zero-order valence-electron chi connectivity index (χ0n) is 20.7. The molecule has 0 spiro atoms. The van der Waals surface area contributed by atoms with Crippen molar-refractivity contribution in [3.8, 4) is 11.5 Å². The number of esters is 1. The fraction of sp³-hybridized carbons (Fsp3) is 0.207. The van der Waals surface area contributed by atoms with Crippen LogP contribution in [0.15, 0.2) is 72.3 Å². The maximum absolute atomic E-state index is 13.3. The Morgan fingerprint density at radius 2 is 1.68 bits per heavy atom. The Balaban J connectivity index is 1.84. The summed E-state index contributed by atoms with van der Waals surface area (Å²) in [4.78, 5) is 40.1. The Kier molecular flexibility index (Phi) is 7.29. The van der Waals surface area contributed by atoms with Gasteiger partial charge in [-0.15, -0.1) is 0 Å². The number of hydrogen-bond acceptors (Lipinski definition) is 7. The fourth-order valence-electron chi connectivity index (χ4n) is 4.28. The van der Waals surface area contributed by atoms with E-state index in [-0.39, 0.29) is 17.1 Å². The highest BCUT2D eigenvalue weighted by Gasteiger charge is 2.47. The number of amides is 1. The molecule has 1 aliphatic rings. The van der Waals surface area contributed by atoms with E-state index >= 15 is 0 Å². The molecule has 8 nitrogen and oxygen atoms in total. The van der Waals surface area contributed by atoms with Gasteiger partial charge in [0.05, 0.1) is 30.9 Å². The summed E-state index contributed by atoms with van der Waals surface area (Å²) < 4.78 is 10.4. The summed E-state index contributed by atoms with van der Waals surface area (Å²) >= 11 is 0. The summed E-state index contributed by atoms with van der Waals surface area (Å²) in [5, 5.41) is 21.1. The minimum atomic E-state index is -0.972. The number of carbonyl (C=O) groups excluding carboxylic acids is 3. The van der Waals surface area contributed by atoms with Gasteiger partial charge in [-0.05, 0) is 79.1 Å². The molecule has 0 bridgehead atoms. The lowest BCUT2D eigenvalue weighted by Gasteiger charge is -2.25. The minimum absolute atomic E-state index is 0.0154. The molecule has 1 atom stereocenters. The van der Waals surface area contributed by atoms with Gasteiger partial charge in [0.15, 0.2) is 0 Å². The number of ether oxygens (including phenoxy) is 2. The number of carbonyl (C=O) groups is 3. The number of phenols is 1. The zero-order valence-corrected chi connectivity index (χ0v) is 20.7. The highest BCUT2D eigenvalue weighted by molar-refractivity contribution is 6.51. The zero-order chi connectivity index (χ0) is 26.7. The minimum Gasteiger partial charge on any atom is -0.508 e. The Hall–Kier alpha value is -4.59. The number of aryl methyl sites for hydroxylation is 1. The highest BCUT2D eigenvalue weighted by atomic mass is 16.5. The number of aliphatic hydroxyl groups is 1. The van der Waals surface area contributed by atoms with E-state index in [4.69, 9.17) is 9.47 Å². The molecule has 37 heavy (non-hydrogen) atoms. The van der Waals surface area contributed by atoms with Crippen molar-refractivity contribution in [2.24, 2.45) is 0 Å².